The van der Waals surface area contributed by atoms with Crippen LogP contribution in [0.25, 0.3) is 5.69 Å². The standard InChI is InChI=1S/C20H20Cl2N6OS/c1-13(18(29)24-17-9-8-14(21)12-23-17)30-20-26-25-19(27-10-4-5-11-27)28(20)16-7-3-2-6-15(16)22/h2-3,6-9,12-13H,4-5,10-11H2,1H3,(H,23,24,29). The fourth-order valence-corrected chi connectivity index (χ4v) is 4.38. The Morgan fingerprint density at radius 3 is 2.60 bits per heavy atom. The largest absolute Gasteiger partial charge is 0.341 e. The van der Waals surface area contributed by atoms with Crippen molar-refractivity contribution in [2.75, 3.05) is 23.3 Å². The third kappa shape index (κ3) is 4.55. The molecule has 1 aliphatic rings. The molecule has 7 nitrogen and oxygen atoms in total. The van der Waals surface area contributed by atoms with Crippen LogP contribution >= 0.6 is 35.0 Å². The quantitative estimate of drug-likeness (QED) is 0.535. The van der Waals surface area contributed by atoms with E-state index in [0.29, 0.717) is 21.0 Å². The summed E-state index contributed by atoms with van der Waals surface area (Å²) >= 11 is 13.7. The molecule has 1 unspecified atom stereocenters. The summed E-state index contributed by atoms with van der Waals surface area (Å²) in [6, 6.07) is 10.9. The van der Waals surface area contributed by atoms with Crippen LogP contribution in [0.15, 0.2) is 47.8 Å². The molecule has 1 atom stereocenters. The van der Waals surface area contributed by atoms with Gasteiger partial charge in [-0.25, -0.2) is 4.98 Å². The first-order chi connectivity index (χ1) is 14.5. The van der Waals surface area contributed by atoms with Gasteiger partial charge in [-0.2, -0.15) is 0 Å². The second kappa shape index (κ2) is 9.24. The fraction of sp³-hybridized carbons (Fsp3) is 0.300. The van der Waals surface area contributed by atoms with Gasteiger partial charge in [0.05, 0.1) is 21.0 Å². The van der Waals surface area contributed by atoms with Gasteiger partial charge >= 0.3 is 0 Å². The minimum Gasteiger partial charge on any atom is -0.341 e. The van der Waals surface area contributed by atoms with E-state index in [1.54, 1.807) is 12.1 Å². The smallest absolute Gasteiger partial charge is 0.238 e. The molecule has 0 bridgehead atoms. The van der Waals surface area contributed by atoms with E-state index in [1.807, 2.05) is 35.8 Å². The first kappa shape index (κ1) is 21.0. The number of carbonyl (C=O) groups excluding carboxylic acids is 1. The number of para-hydroxylation sites is 1. The van der Waals surface area contributed by atoms with Crippen LogP contribution in [0, 0.1) is 0 Å². The highest BCUT2D eigenvalue weighted by Gasteiger charge is 2.26. The lowest BCUT2D eigenvalue weighted by atomic mass is 10.3. The third-order valence-electron chi connectivity index (χ3n) is 4.73. The summed E-state index contributed by atoms with van der Waals surface area (Å²) in [6.45, 7) is 3.66. The lowest BCUT2D eigenvalue weighted by molar-refractivity contribution is -0.115. The van der Waals surface area contributed by atoms with Crippen LogP contribution in [0.1, 0.15) is 19.8 Å². The summed E-state index contributed by atoms with van der Waals surface area (Å²) in [5.74, 6) is 1.00. The third-order valence-corrected chi connectivity index (χ3v) is 6.31. The minimum absolute atomic E-state index is 0.189. The SMILES string of the molecule is CC(Sc1nnc(N2CCCC2)n1-c1ccccc1Cl)C(=O)Nc1ccc(Cl)cn1. The van der Waals surface area contributed by atoms with E-state index in [2.05, 4.69) is 25.4 Å². The molecular weight excluding hydrogens is 443 g/mol. The number of thioether (sulfide) groups is 1. The number of benzene rings is 1. The molecule has 1 aromatic carbocycles. The molecule has 1 N–H and O–H groups in total. The van der Waals surface area contributed by atoms with Crippen LogP contribution in [0.4, 0.5) is 11.8 Å². The van der Waals surface area contributed by atoms with Gasteiger partial charge in [0.25, 0.3) is 0 Å². The first-order valence-corrected chi connectivity index (χ1v) is 11.2. The van der Waals surface area contributed by atoms with Gasteiger partial charge in [0, 0.05) is 19.3 Å². The highest BCUT2D eigenvalue weighted by Crippen LogP contribution is 2.33. The zero-order valence-corrected chi connectivity index (χ0v) is 18.6. The Morgan fingerprint density at radius 1 is 1.13 bits per heavy atom. The van der Waals surface area contributed by atoms with E-state index in [9.17, 15) is 4.79 Å². The van der Waals surface area contributed by atoms with Crippen molar-refractivity contribution < 1.29 is 4.79 Å². The Morgan fingerprint density at radius 2 is 1.90 bits per heavy atom. The summed E-state index contributed by atoms with van der Waals surface area (Å²) in [7, 11) is 0. The van der Waals surface area contributed by atoms with E-state index in [4.69, 9.17) is 23.2 Å². The van der Waals surface area contributed by atoms with Crippen molar-refractivity contribution in [3.8, 4) is 5.69 Å². The predicted molar refractivity (Wildman–Crippen MR) is 121 cm³/mol. The normalized spacial score (nSPS) is 14.7. The Kier molecular flexibility index (Phi) is 6.46. The summed E-state index contributed by atoms with van der Waals surface area (Å²) in [4.78, 5) is 19.0. The number of rotatable bonds is 6. The van der Waals surface area contributed by atoms with Crippen LogP contribution in [0.3, 0.4) is 0 Å². The number of nitrogens with zero attached hydrogens (tertiary/aromatic N) is 5. The second-order valence-electron chi connectivity index (χ2n) is 6.87. The second-order valence-corrected chi connectivity index (χ2v) is 9.03. The Hall–Kier alpha value is -2.29. The Balaban J connectivity index is 1.59. The van der Waals surface area contributed by atoms with Crippen LogP contribution in [-0.4, -0.2) is 44.0 Å². The van der Waals surface area contributed by atoms with Crippen molar-refractivity contribution in [3.63, 3.8) is 0 Å². The molecule has 4 rings (SSSR count). The molecule has 3 aromatic rings. The van der Waals surface area contributed by atoms with Gasteiger partial charge < -0.3 is 10.2 Å². The van der Waals surface area contributed by atoms with Crippen LogP contribution in [-0.2, 0) is 4.79 Å². The molecule has 30 heavy (non-hydrogen) atoms. The van der Waals surface area contributed by atoms with Crippen molar-refractivity contribution >= 4 is 52.6 Å². The highest BCUT2D eigenvalue weighted by atomic mass is 35.5. The molecule has 0 aliphatic carbocycles. The highest BCUT2D eigenvalue weighted by molar-refractivity contribution is 8.00. The van der Waals surface area contributed by atoms with Crippen molar-refractivity contribution in [1.82, 2.24) is 19.7 Å². The summed E-state index contributed by atoms with van der Waals surface area (Å²) in [5, 5.41) is 12.9. The van der Waals surface area contributed by atoms with Gasteiger partial charge in [-0.05, 0) is 44.0 Å². The lowest BCUT2D eigenvalue weighted by Crippen LogP contribution is -2.24. The molecule has 0 spiro atoms. The topological polar surface area (TPSA) is 75.9 Å². The molecule has 3 heterocycles. The van der Waals surface area contributed by atoms with Crippen LogP contribution in [0.5, 0.6) is 0 Å². The molecule has 156 valence electrons. The molecule has 2 aromatic heterocycles. The number of amides is 1. The number of hydrogen-bond acceptors (Lipinski definition) is 6. The van der Waals surface area contributed by atoms with Crippen molar-refractivity contribution in [2.45, 2.75) is 30.2 Å². The van der Waals surface area contributed by atoms with E-state index in [-0.39, 0.29) is 5.91 Å². The zero-order valence-electron chi connectivity index (χ0n) is 16.3. The number of anilines is 2. The average molecular weight is 463 g/mol. The van der Waals surface area contributed by atoms with Crippen LogP contribution in [0.2, 0.25) is 10.0 Å². The molecule has 1 amide bonds. The number of carbonyl (C=O) groups is 1. The monoisotopic (exact) mass is 462 g/mol. The minimum atomic E-state index is -0.431. The Labute approximate surface area is 188 Å². The van der Waals surface area contributed by atoms with Gasteiger partial charge in [0.15, 0.2) is 5.16 Å². The average Bonchev–Trinajstić information content (AvgIpc) is 3.40. The van der Waals surface area contributed by atoms with Crippen molar-refractivity contribution in [1.29, 1.82) is 0 Å². The number of hydrogen-bond donors (Lipinski definition) is 1. The molecule has 0 radical (unpaired) electrons. The van der Waals surface area contributed by atoms with Gasteiger partial charge in [-0.15, -0.1) is 10.2 Å². The van der Waals surface area contributed by atoms with Crippen molar-refractivity contribution in [2.24, 2.45) is 0 Å². The van der Waals surface area contributed by atoms with Crippen LogP contribution < -0.4 is 10.2 Å². The fourth-order valence-electron chi connectivity index (χ4n) is 3.19. The van der Waals surface area contributed by atoms with Gasteiger partial charge in [-0.3, -0.25) is 9.36 Å². The van der Waals surface area contributed by atoms with Gasteiger partial charge in [0.1, 0.15) is 5.82 Å². The number of halogens is 2. The summed E-state index contributed by atoms with van der Waals surface area (Å²) < 4.78 is 1.93. The van der Waals surface area contributed by atoms with E-state index >= 15 is 0 Å². The predicted octanol–water partition coefficient (Wildman–Crippen LogP) is 4.69. The maximum Gasteiger partial charge on any atom is 0.238 e. The first-order valence-electron chi connectivity index (χ1n) is 9.57. The van der Waals surface area contributed by atoms with Gasteiger partial charge in [-0.1, -0.05) is 47.1 Å². The number of aromatic nitrogens is 4. The Bertz CT molecular complexity index is 1040. The number of pyridine rings is 1. The zero-order chi connectivity index (χ0) is 21.1. The number of nitrogens with one attached hydrogen (secondary N) is 1. The van der Waals surface area contributed by atoms with E-state index in [1.165, 1.54) is 18.0 Å². The van der Waals surface area contributed by atoms with E-state index in [0.717, 1.165) is 37.6 Å². The van der Waals surface area contributed by atoms with Gasteiger partial charge in [0.2, 0.25) is 11.9 Å². The summed E-state index contributed by atoms with van der Waals surface area (Å²) in [6.07, 6.45) is 3.72. The molecule has 1 aliphatic heterocycles. The maximum absolute atomic E-state index is 12.7. The molecular formula is C20H20Cl2N6OS. The molecule has 10 heteroatoms. The molecule has 0 saturated carbocycles. The molecule has 1 saturated heterocycles. The lowest BCUT2D eigenvalue weighted by Gasteiger charge is -2.19. The van der Waals surface area contributed by atoms with Crippen molar-refractivity contribution in [3.05, 3.63) is 52.6 Å². The summed E-state index contributed by atoms with van der Waals surface area (Å²) in [5.41, 5.74) is 0.792. The molecule has 1 fully saturated rings. The van der Waals surface area contributed by atoms with E-state index < -0.39 is 5.25 Å². The maximum atomic E-state index is 12.7.